The van der Waals surface area contributed by atoms with Crippen LogP contribution in [0.15, 0.2) is 36.4 Å². The molecule has 102 valence electrons. The van der Waals surface area contributed by atoms with Crippen LogP contribution in [0.2, 0.25) is 5.02 Å². The molecule has 0 aromatic heterocycles. The SMILES string of the molecule is Cc1cc(C(=O)O)ccc1-c1ccc(Cl)c(C(N)=O)c1. The molecule has 0 bridgehead atoms. The van der Waals surface area contributed by atoms with Gasteiger partial charge in [0.05, 0.1) is 16.1 Å². The van der Waals surface area contributed by atoms with Gasteiger partial charge in [0.25, 0.3) is 0 Å². The minimum Gasteiger partial charge on any atom is -0.478 e. The molecule has 3 N–H and O–H groups in total. The first-order valence-electron chi connectivity index (χ1n) is 5.84. The number of amides is 1. The largest absolute Gasteiger partial charge is 0.478 e. The third kappa shape index (κ3) is 2.65. The second kappa shape index (κ2) is 5.35. The highest BCUT2D eigenvalue weighted by Gasteiger charge is 2.11. The molecule has 5 heteroatoms. The molecule has 0 saturated heterocycles. The summed E-state index contributed by atoms with van der Waals surface area (Å²) in [6.45, 7) is 1.81. The zero-order valence-corrected chi connectivity index (χ0v) is 11.4. The number of aromatic carboxylic acids is 1. The Kier molecular flexibility index (Phi) is 3.77. The van der Waals surface area contributed by atoms with Crippen molar-refractivity contribution in [3.05, 3.63) is 58.1 Å². The Bertz CT molecular complexity index is 710. The van der Waals surface area contributed by atoms with Crippen molar-refractivity contribution in [3.63, 3.8) is 0 Å². The molecule has 0 saturated carbocycles. The van der Waals surface area contributed by atoms with E-state index in [1.807, 2.05) is 0 Å². The van der Waals surface area contributed by atoms with Crippen molar-refractivity contribution in [1.82, 2.24) is 0 Å². The number of nitrogens with two attached hydrogens (primary N) is 1. The van der Waals surface area contributed by atoms with E-state index >= 15 is 0 Å². The minimum absolute atomic E-state index is 0.218. The predicted octanol–water partition coefficient (Wildman–Crippen LogP) is 3.11. The van der Waals surface area contributed by atoms with Crippen LogP contribution in [0.5, 0.6) is 0 Å². The Morgan fingerprint density at radius 1 is 1.15 bits per heavy atom. The molecule has 0 heterocycles. The van der Waals surface area contributed by atoms with Crippen molar-refractivity contribution < 1.29 is 14.7 Å². The van der Waals surface area contributed by atoms with Gasteiger partial charge in [-0.1, -0.05) is 23.7 Å². The van der Waals surface area contributed by atoms with E-state index in [1.165, 1.54) is 6.07 Å². The third-order valence-electron chi connectivity index (χ3n) is 3.02. The molecule has 4 nitrogen and oxygen atoms in total. The molecule has 0 radical (unpaired) electrons. The Balaban J connectivity index is 2.54. The molecule has 0 atom stereocenters. The number of aryl methyl sites for hydroxylation is 1. The summed E-state index contributed by atoms with van der Waals surface area (Å²) in [4.78, 5) is 22.2. The standard InChI is InChI=1S/C15H12ClNO3/c1-8-6-10(15(19)20)2-4-11(8)9-3-5-13(16)12(7-9)14(17)18/h2-7H,1H3,(H2,17,18)(H,19,20). The summed E-state index contributed by atoms with van der Waals surface area (Å²) in [7, 11) is 0. The van der Waals surface area contributed by atoms with Crippen LogP contribution in [-0.4, -0.2) is 17.0 Å². The van der Waals surface area contributed by atoms with Gasteiger partial charge in [0.15, 0.2) is 0 Å². The van der Waals surface area contributed by atoms with Crippen LogP contribution in [0.1, 0.15) is 26.3 Å². The zero-order chi connectivity index (χ0) is 14.9. The summed E-state index contributed by atoms with van der Waals surface area (Å²) in [6.07, 6.45) is 0. The summed E-state index contributed by atoms with van der Waals surface area (Å²) in [5, 5.41) is 9.24. The van der Waals surface area contributed by atoms with E-state index in [2.05, 4.69) is 0 Å². The molecule has 2 aromatic rings. The van der Waals surface area contributed by atoms with Crippen LogP contribution in [0.25, 0.3) is 11.1 Å². The number of carbonyl (C=O) groups excluding carboxylic acids is 1. The first-order valence-corrected chi connectivity index (χ1v) is 6.21. The van der Waals surface area contributed by atoms with Gasteiger partial charge in [-0.15, -0.1) is 0 Å². The lowest BCUT2D eigenvalue weighted by Gasteiger charge is -2.09. The topological polar surface area (TPSA) is 80.4 Å². The Morgan fingerprint density at radius 3 is 2.40 bits per heavy atom. The Labute approximate surface area is 120 Å². The molecule has 2 rings (SSSR count). The van der Waals surface area contributed by atoms with Gasteiger partial charge < -0.3 is 10.8 Å². The van der Waals surface area contributed by atoms with Crippen molar-refractivity contribution in [1.29, 1.82) is 0 Å². The fourth-order valence-corrected chi connectivity index (χ4v) is 2.21. The molecule has 20 heavy (non-hydrogen) atoms. The van der Waals surface area contributed by atoms with E-state index in [0.29, 0.717) is 5.02 Å². The molecule has 0 aliphatic carbocycles. The van der Waals surface area contributed by atoms with E-state index in [1.54, 1.807) is 37.3 Å². The van der Waals surface area contributed by atoms with Crippen LogP contribution in [0.4, 0.5) is 0 Å². The number of hydrogen-bond acceptors (Lipinski definition) is 2. The molecule has 0 fully saturated rings. The van der Waals surface area contributed by atoms with Crippen LogP contribution in [-0.2, 0) is 0 Å². The molecule has 0 aliphatic rings. The third-order valence-corrected chi connectivity index (χ3v) is 3.35. The van der Waals surface area contributed by atoms with Crippen LogP contribution in [0.3, 0.4) is 0 Å². The van der Waals surface area contributed by atoms with Crippen molar-refractivity contribution in [2.75, 3.05) is 0 Å². The maximum absolute atomic E-state index is 11.3. The summed E-state index contributed by atoms with van der Waals surface area (Å²) in [5.41, 5.74) is 8.11. The van der Waals surface area contributed by atoms with Crippen molar-refractivity contribution in [2.24, 2.45) is 5.73 Å². The van der Waals surface area contributed by atoms with E-state index in [4.69, 9.17) is 22.4 Å². The number of benzene rings is 2. The van der Waals surface area contributed by atoms with E-state index in [0.717, 1.165) is 16.7 Å². The van der Waals surface area contributed by atoms with Gasteiger partial charge in [0, 0.05) is 0 Å². The molecule has 1 amide bonds. The van der Waals surface area contributed by atoms with E-state index < -0.39 is 11.9 Å². The highest BCUT2D eigenvalue weighted by Crippen LogP contribution is 2.28. The fourth-order valence-electron chi connectivity index (χ4n) is 2.00. The van der Waals surface area contributed by atoms with Gasteiger partial charge in [-0.05, 0) is 47.9 Å². The maximum Gasteiger partial charge on any atom is 0.335 e. The lowest BCUT2D eigenvalue weighted by atomic mass is 9.97. The average molecular weight is 290 g/mol. The quantitative estimate of drug-likeness (QED) is 0.911. The Morgan fingerprint density at radius 2 is 1.85 bits per heavy atom. The van der Waals surface area contributed by atoms with Crippen molar-refractivity contribution in [2.45, 2.75) is 6.92 Å². The highest BCUT2D eigenvalue weighted by atomic mass is 35.5. The lowest BCUT2D eigenvalue weighted by molar-refractivity contribution is 0.0696. The summed E-state index contributed by atoms with van der Waals surface area (Å²) in [5.74, 6) is -1.58. The molecular formula is C15H12ClNO3. The molecule has 2 aromatic carbocycles. The number of carboxylic acid groups (broad SMARTS) is 1. The molecular weight excluding hydrogens is 278 g/mol. The van der Waals surface area contributed by atoms with Gasteiger partial charge >= 0.3 is 5.97 Å². The van der Waals surface area contributed by atoms with Gasteiger partial charge in [0.2, 0.25) is 5.91 Å². The average Bonchev–Trinajstić information content (AvgIpc) is 2.39. The monoisotopic (exact) mass is 289 g/mol. The number of carboxylic acids is 1. The van der Waals surface area contributed by atoms with Crippen LogP contribution >= 0.6 is 11.6 Å². The van der Waals surface area contributed by atoms with Gasteiger partial charge in [0.1, 0.15) is 0 Å². The number of primary amides is 1. The number of hydrogen-bond donors (Lipinski definition) is 2. The van der Waals surface area contributed by atoms with Gasteiger partial charge in [-0.25, -0.2) is 4.79 Å². The first kappa shape index (κ1) is 14.1. The number of halogens is 1. The fraction of sp³-hybridized carbons (Fsp3) is 0.0667. The zero-order valence-electron chi connectivity index (χ0n) is 10.7. The van der Waals surface area contributed by atoms with Crippen molar-refractivity contribution in [3.8, 4) is 11.1 Å². The smallest absolute Gasteiger partial charge is 0.335 e. The molecule has 0 aliphatic heterocycles. The predicted molar refractivity (Wildman–Crippen MR) is 77.1 cm³/mol. The summed E-state index contributed by atoms with van der Waals surface area (Å²) >= 11 is 5.91. The van der Waals surface area contributed by atoms with Gasteiger partial charge in [-0.2, -0.15) is 0 Å². The summed E-state index contributed by atoms with van der Waals surface area (Å²) in [6, 6.07) is 9.76. The second-order valence-electron chi connectivity index (χ2n) is 4.39. The molecule has 0 spiro atoms. The number of carbonyl (C=O) groups is 2. The minimum atomic E-state index is -0.978. The number of rotatable bonds is 3. The maximum atomic E-state index is 11.3. The van der Waals surface area contributed by atoms with Crippen LogP contribution in [0, 0.1) is 6.92 Å². The van der Waals surface area contributed by atoms with Crippen LogP contribution < -0.4 is 5.73 Å². The summed E-state index contributed by atoms with van der Waals surface area (Å²) < 4.78 is 0. The second-order valence-corrected chi connectivity index (χ2v) is 4.80. The highest BCUT2D eigenvalue weighted by molar-refractivity contribution is 6.33. The normalized spacial score (nSPS) is 10.3. The first-order chi connectivity index (χ1) is 9.40. The lowest BCUT2D eigenvalue weighted by Crippen LogP contribution is -2.11. The van der Waals surface area contributed by atoms with E-state index in [-0.39, 0.29) is 11.1 Å². The van der Waals surface area contributed by atoms with Gasteiger partial charge in [-0.3, -0.25) is 4.79 Å². The molecule has 0 unspecified atom stereocenters. The van der Waals surface area contributed by atoms with E-state index in [9.17, 15) is 9.59 Å². The van der Waals surface area contributed by atoms with Crippen molar-refractivity contribution >= 4 is 23.5 Å². The Hall–Kier alpha value is -2.33.